The molecule has 0 radical (unpaired) electrons. The monoisotopic (exact) mass is 393 g/mol. The number of nitrogens with zero attached hydrogens (tertiary/aromatic N) is 4. The summed E-state index contributed by atoms with van der Waals surface area (Å²) in [6.45, 7) is 2.27. The van der Waals surface area contributed by atoms with E-state index in [0.29, 0.717) is 11.7 Å². The molecule has 3 aromatic rings. The minimum absolute atomic E-state index is 0.0276. The predicted molar refractivity (Wildman–Crippen MR) is 95.8 cm³/mol. The number of aromatic nitrogens is 4. The molecule has 3 aromatic heterocycles. The van der Waals surface area contributed by atoms with E-state index in [1.165, 1.54) is 24.1 Å². The minimum Gasteiger partial charge on any atom is -0.455 e. The van der Waals surface area contributed by atoms with Gasteiger partial charge in [-0.2, -0.15) is 0 Å². The van der Waals surface area contributed by atoms with Gasteiger partial charge in [-0.25, -0.2) is 0 Å². The van der Waals surface area contributed by atoms with E-state index in [4.69, 9.17) is 4.74 Å². The predicted octanol–water partition coefficient (Wildman–Crippen LogP) is 2.29. The van der Waals surface area contributed by atoms with Gasteiger partial charge >= 0.3 is 5.97 Å². The van der Waals surface area contributed by atoms with Crippen LogP contribution in [0.25, 0.3) is 10.7 Å². The molecule has 26 heavy (non-hydrogen) atoms. The maximum Gasteiger partial charge on any atom is 0.316 e. The largest absolute Gasteiger partial charge is 0.455 e. The fraction of sp³-hybridized carbons (Fsp3) is 0.267. The smallest absolute Gasteiger partial charge is 0.316 e. The van der Waals surface area contributed by atoms with Crippen LogP contribution in [0.15, 0.2) is 39.5 Å². The molecule has 0 unspecified atom stereocenters. The Morgan fingerprint density at radius 2 is 2.27 bits per heavy atom. The van der Waals surface area contributed by atoms with Gasteiger partial charge in [0.15, 0.2) is 23.4 Å². The number of hydrogen-bond acceptors (Lipinski definition) is 9. The number of nitrogens with one attached hydrogen (secondary N) is 1. The number of amides is 1. The van der Waals surface area contributed by atoms with Gasteiger partial charge in [0.1, 0.15) is 6.26 Å². The van der Waals surface area contributed by atoms with Crippen molar-refractivity contribution in [3.05, 3.63) is 29.8 Å². The fourth-order valence-corrected chi connectivity index (χ4v) is 3.55. The van der Waals surface area contributed by atoms with Gasteiger partial charge in [0.05, 0.1) is 10.6 Å². The zero-order valence-corrected chi connectivity index (χ0v) is 15.4. The summed E-state index contributed by atoms with van der Waals surface area (Å²) in [4.78, 5) is 24.5. The maximum atomic E-state index is 11.8. The van der Waals surface area contributed by atoms with Crippen LogP contribution in [0, 0.1) is 0 Å². The van der Waals surface area contributed by atoms with E-state index in [1.807, 2.05) is 29.0 Å². The van der Waals surface area contributed by atoms with Crippen molar-refractivity contribution in [1.29, 1.82) is 0 Å². The first-order valence-corrected chi connectivity index (χ1v) is 9.49. The highest BCUT2D eigenvalue weighted by Gasteiger charge is 2.16. The maximum absolute atomic E-state index is 11.8. The summed E-state index contributed by atoms with van der Waals surface area (Å²) in [6, 6.07) is 5.40. The summed E-state index contributed by atoms with van der Waals surface area (Å²) in [5, 5.41) is 16.9. The van der Waals surface area contributed by atoms with Gasteiger partial charge in [-0.1, -0.05) is 23.0 Å². The lowest BCUT2D eigenvalue weighted by atomic mass is 10.4. The van der Waals surface area contributed by atoms with Gasteiger partial charge in [-0.3, -0.25) is 9.59 Å². The van der Waals surface area contributed by atoms with Crippen LogP contribution in [-0.2, 0) is 20.9 Å². The third kappa shape index (κ3) is 4.49. The fourth-order valence-electron chi connectivity index (χ4n) is 2.04. The van der Waals surface area contributed by atoms with Crippen LogP contribution in [0.2, 0.25) is 0 Å². The number of esters is 1. The Bertz CT molecular complexity index is 861. The number of rotatable bonds is 8. The second-order valence-electron chi connectivity index (χ2n) is 4.91. The molecule has 0 fully saturated rings. The number of thiophene rings is 1. The van der Waals surface area contributed by atoms with Gasteiger partial charge in [0.25, 0.3) is 5.91 Å². The Labute approximate surface area is 156 Å². The summed E-state index contributed by atoms with van der Waals surface area (Å²) < 4.78 is 11.5. The molecular weight excluding hydrogens is 378 g/mol. The second kappa shape index (κ2) is 8.63. The Balaban J connectivity index is 1.49. The van der Waals surface area contributed by atoms with E-state index in [9.17, 15) is 9.59 Å². The lowest BCUT2D eigenvalue weighted by Gasteiger charge is -2.06. The molecule has 0 aliphatic heterocycles. The number of carbonyl (C=O) groups excluding carboxylic acids is 2. The van der Waals surface area contributed by atoms with Gasteiger partial charge in [0.2, 0.25) is 0 Å². The summed E-state index contributed by atoms with van der Waals surface area (Å²) in [5.74, 6) is 0.0466. The van der Waals surface area contributed by atoms with Crippen LogP contribution in [-0.4, -0.2) is 44.2 Å². The molecule has 0 saturated carbocycles. The van der Waals surface area contributed by atoms with Crippen molar-refractivity contribution >= 4 is 40.8 Å². The molecule has 0 saturated heterocycles. The van der Waals surface area contributed by atoms with Crippen LogP contribution in [0.1, 0.15) is 6.92 Å². The topological polar surface area (TPSA) is 112 Å². The van der Waals surface area contributed by atoms with E-state index >= 15 is 0 Å². The molecule has 1 amide bonds. The molecule has 11 heteroatoms. The Morgan fingerprint density at radius 1 is 1.38 bits per heavy atom. The van der Waals surface area contributed by atoms with Crippen molar-refractivity contribution in [2.24, 2.45) is 0 Å². The summed E-state index contributed by atoms with van der Waals surface area (Å²) >= 11 is 2.79. The molecule has 136 valence electrons. The lowest BCUT2D eigenvalue weighted by molar-refractivity contribution is -0.144. The highest BCUT2D eigenvalue weighted by Crippen LogP contribution is 2.27. The molecule has 0 aliphatic carbocycles. The third-order valence-corrected chi connectivity index (χ3v) is 4.97. The molecule has 0 atom stereocenters. The first-order chi connectivity index (χ1) is 12.7. The van der Waals surface area contributed by atoms with Gasteiger partial charge < -0.3 is 19.1 Å². The van der Waals surface area contributed by atoms with E-state index in [1.54, 1.807) is 11.3 Å². The molecule has 0 aliphatic rings. The van der Waals surface area contributed by atoms with Crippen LogP contribution >= 0.6 is 23.1 Å². The summed E-state index contributed by atoms with van der Waals surface area (Å²) in [5.41, 5.74) is 0. The molecular formula is C15H15N5O4S2. The number of anilines is 1. The Kier molecular flexibility index (Phi) is 6.02. The van der Waals surface area contributed by atoms with Crippen LogP contribution < -0.4 is 5.32 Å². The van der Waals surface area contributed by atoms with Crippen LogP contribution in [0.4, 0.5) is 5.82 Å². The first-order valence-electron chi connectivity index (χ1n) is 7.63. The van der Waals surface area contributed by atoms with Crippen molar-refractivity contribution in [1.82, 2.24) is 19.9 Å². The van der Waals surface area contributed by atoms with Gasteiger partial charge in [0, 0.05) is 12.6 Å². The SMILES string of the molecule is CCn1c(SCC(=O)OCC(=O)Nc2ccon2)nnc1-c1cccs1. The van der Waals surface area contributed by atoms with Crippen molar-refractivity contribution in [3.8, 4) is 10.7 Å². The normalized spacial score (nSPS) is 10.7. The lowest BCUT2D eigenvalue weighted by Crippen LogP contribution is -2.21. The van der Waals surface area contributed by atoms with E-state index in [2.05, 4.69) is 25.2 Å². The highest BCUT2D eigenvalue weighted by atomic mass is 32.2. The van der Waals surface area contributed by atoms with Crippen LogP contribution in [0.3, 0.4) is 0 Å². The minimum atomic E-state index is -0.520. The molecule has 3 rings (SSSR count). The quantitative estimate of drug-likeness (QED) is 0.458. The Morgan fingerprint density at radius 3 is 2.96 bits per heavy atom. The summed E-state index contributed by atoms with van der Waals surface area (Å²) in [7, 11) is 0. The first kappa shape index (κ1) is 18.1. The number of carbonyl (C=O) groups is 2. The second-order valence-corrected chi connectivity index (χ2v) is 6.80. The standard InChI is InChI=1S/C15H15N5O4S2/c1-2-20-14(10-4-3-7-25-10)17-18-15(20)26-9-13(22)23-8-12(21)16-11-5-6-24-19-11/h3-7H,2,8-9H2,1H3,(H,16,19,21). The zero-order chi connectivity index (χ0) is 18.4. The molecule has 9 nitrogen and oxygen atoms in total. The molecule has 0 bridgehead atoms. The van der Waals surface area contributed by atoms with E-state index < -0.39 is 18.5 Å². The average molecular weight is 393 g/mol. The molecule has 3 heterocycles. The Hall–Kier alpha value is -2.66. The number of hydrogen-bond donors (Lipinski definition) is 1. The van der Waals surface area contributed by atoms with Crippen molar-refractivity contribution in [2.75, 3.05) is 17.7 Å². The highest BCUT2D eigenvalue weighted by molar-refractivity contribution is 7.99. The van der Waals surface area contributed by atoms with Crippen molar-refractivity contribution in [2.45, 2.75) is 18.6 Å². The van der Waals surface area contributed by atoms with E-state index in [0.717, 1.165) is 10.7 Å². The number of thioether (sulfide) groups is 1. The molecule has 0 spiro atoms. The summed E-state index contributed by atoms with van der Waals surface area (Å²) in [6.07, 6.45) is 1.33. The van der Waals surface area contributed by atoms with Gasteiger partial charge in [-0.15, -0.1) is 21.5 Å². The van der Waals surface area contributed by atoms with E-state index in [-0.39, 0.29) is 11.6 Å². The van der Waals surface area contributed by atoms with Crippen molar-refractivity contribution < 1.29 is 18.8 Å². The van der Waals surface area contributed by atoms with Gasteiger partial charge in [-0.05, 0) is 18.4 Å². The van der Waals surface area contributed by atoms with Crippen LogP contribution in [0.5, 0.6) is 0 Å². The average Bonchev–Trinajstić information content (AvgIpc) is 3.38. The number of ether oxygens (including phenoxy) is 1. The van der Waals surface area contributed by atoms with Crippen molar-refractivity contribution in [3.63, 3.8) is 0 Å². The third-order valence-electron chi connectivity index (χ3n) is 3.16. The molecule has 1 N–H and O–H groups in total. The molecule has 0 aromatic carbocycles. The zero-order valence-electron chi connectivity index (χ0n) is 13.7.